The molecule has 0 radical (unpaired) electrons. The molecule has 0 aliphatic rings. The minimum absolute atomic E-state index is 0.0379. The lowest BCUT2D eigenvalue weighted by molar-refractivity contribution is -0.149. The molecule has 0 aliphatic carbocycles. The zero-order valence-corrected chi connectivity index (χ0v) is 7.73. The van der Waals surface area contributed by atoms with Crippen molar-refractivity contribution in [1.82, 2.24) is 0 Å². The lowest BCUT2D eigenvalue weighted by atomic mass is 10.1. The molecule has 0 aromatic heterocycles. The van der Waals surface area contributed by atoms with Crippen LogP contribution in [0.1, 0.15) is 11.6 Å². The first-order valence-corrected chi connectivity index (χ1v) is 4.07. The average Bonchev–Trinajstić information content (AvgIpc) is 2.06. The molecule has 78 valence electrons. The van der Waals surface area contributed by atoms with Gasteiger partial charge >= 0.3 is 6.18 Å². The summed E-state index contributed by atoms with van der Waals surface area (Å²) in [4.78, 5) is 0. The highest BCUT2D eigenvalue weighted by molar-refractivity contribution is 6.31. The highest BCUT2D eigenvalue weighted by atomic mass is 35.5. The summed E-state index contributed by atoms with van der Waals surface area (Å²) in [5.41, 5.74) is 10.3. The van der Waals surface area contributed by atoms with E-state index in [0.29, 0.717) is 0 Å². The second kappa shape index (κ2) is 3.67. The largest absolute Gasteiger partial charge is 0.407 e. The van der Waals surface area contributed by atoms with Gasteiger partial charge in [-0.05, 0) is 23.8 Å². The molecule has 1 aromatic rings. The van der Waals surface area contributed by atoms with E-state index < -0.39 is 12.2 Å². The van der Waals surface area contributed by atoms with Crippen LogP contribution >= 0.6 is 11.6 Å². The number of hydrogen-bond donors (Lipinski definition) is 2. The number of halogens is 4. The van der Waals surface area contributed by atoms with Crippen LogP contribution in [0.25, 0.3) is 0 Å². The maximum absolute atomic E-state index is 12.2. The van der Waals surface area contributed by atoms with Gasteiger partial charge in [0.05, 0.1) is 0 Å². The predicted molar refractivity (Wildman–Crippen MR) is 48.8 cm³/mol. The van der Waals surface area contributed by atoms with Crippen molar-refractivity contribution >= 4 is 17.3 Å². The van der Waals surface area contributed by atoms with Crippen LogP contribution in [0, 0.1) is 0 Å². The maximum Gasteiger partial charge on any atom is 0.407 e. The van der Waals surface area contributed by atoms with Gasteiger partial charge < -0.3 is 11.5 Å². The van der Waals surface area contributed by atoms with E-state index in [0.717, 1.165) is 6.07 Å². The molecular weight excluding hydrogens is 217 g/mol. The summed E-state index contributed by atoms with van der Waals surface area (Å²) in [5.74, 6) is 0. The second-order valence-corrected chi connectivity index (χ2v) is 3.21. The third-order valence-corrected chi connectivity index (χ3v) is 2.05. The number of rotatable bonds is 1. The number of anilines is 1. The van der Waals surface area contributed by atoms with Gasteiger partial charge in [-0.3, -0.25) is 0 Å². The highest BCUT2D eigenvalue weighted by Crippen LogP contribution is 2.34. The average molecular weight is 225 g/mol. The molecule has 0 saturated carbocycles. The fourth-order valence-corrected chi connectivity index (χ4v) is 1.21. The number of nitrogen functional groups attached to an aromatic ring is 1. The molecule has 1 atom stereocenters. The number of benzene rings is 1. The summed E-state index contributed by atoms with van der Waals surface area (Å²) in [7, 11) is 0. The van der Waals surface area contributed by atoms with Crippen molar-refractivity contribution in [2.24, 2.45) is 5.73 Å². The van der Waals surface area contributed by atoms with E-state index in [1.807, 2.05) is 0 Å². The molecule has 0 bridgehead atoms. The molecule has 0 spiro atoms. The maximum atomic E-state index is 12.2. The Kier molecular flexibility index (Phi) is 2.92. The molecule has 4 N–H and O–H groups in total. The van der Waals surface area contributed by atoms with Crippen molar-refractivity contribution in [2.75, 3.05) is 5.73 Å². The second-order valence-electron chi connectivity index (χ2n) is 2.80. The minimum Gasteiger partial charge on any atom is -0.399 e. The monoisotopic (exact) mass is 224 g/mol. The first kappa shape index (κ1) is 11.1. The van der Waals surface area contributed by atoms with Crippen molar-refractivity contribution in [3.05, 3.63) is 28.8 Å². The van der Waals surface area contributed by atoms with Crippen LogP contribution < -0.4 is 11.5 Å². The summed E-state index contributed by atoms with van der Waals surface area (Å²) >= 11 is 5.56. The standard InChI is InChI=1S/C8H8ClF3N2/c9-6-2-1-4(13)3-5(6)7(14)8(10,11)12/h1-3,7H,13-14H2/t7-/m1/s1. The summed E-state index contributed by atoms with van der Waals surface area (Å²) in [6, 6.07) is 1.73. The Labute approximate surface area is 83.6 Å². The van der Waals surface area contributed by atoms with Crippen LogP contribution in [0.2, 0.25) is 5.02 Å². The van der Waals surface area contributed by atoms with Crippen molar-refractivity contribution in [3.8, 4) is 0 Å². The molecule has 0 aliphatic heterocycles. The quantitative estimate of drug-likeness (QED) is 0.720. The van der Waals surface area contributed by atoms with Crippen LogP contribution in [-0.2, 0) is 0 Å². The fourth-order valence-electron chi connectivity index (χ4n) is 0.977. The van der Waals surface area contributed by atoms with E-state index in [2.05, 4.69) is 0 Å². The predicted octanol–water partition coefficient (Wildman–Crippen LogP) is 2.48. The van der Waals surface area contributed by atoms with Gasteiger partial charge in [0.2, 0.25) is 0 Å². The smallest absolute Gasteiger partial charge is 0.399 e. The Hall–Kier alpha value is -0.940. The van der Waals surface area contributed by atoms with Crippen molar-refractivity contribution in [2.45, 2.75) is 12.2 Å². The van der Waals surface area contributed by atoms with Gasteiger partial charge in [0.1, 0.15) is 6.04 Å². The van der Waals surface area contributed by atoms with E-state index in [1.54, 1.807) is 0 Å². The molecule has 0 fully saturated rings. The Morgan fingerprint density at radius 1 is 1.29 bits per heavy atom. The van der Waals surface area contributed by atoms with Crippen molar-refractivity contribution < 1.29 is 13.2 Å². The van der Waals surface area contributed by atoms with Crippen LogP contribution in [0.4, 0.5) is 18.9 Å². The molecular formula is C8H8ClF3N2. The topological polar surface area (TPSA) is 52.0 Å². The van der Waals surface area contributed by atoms with Crippen LogP contribution in [0.15, 0.2) is 18.2 Å². The van der Waals surface area contributed by atoms with Gasteiger partial charge in [0.15, 0.2) is 0 Å². The van der Waals surface area contributed by atoms with E-state index >= 15 is 0 Å². The third kappa shape index (κ3) is 2.30. The Morgan fingerprint density at radius 2 is 1.86 bits per heavy atom. The number of hydrogen-bond acceptors (Lipinski definition) is 2. The molecule has 0 unspecified atom stereocenters. The summed E-state index contributed by atoms with van der Waals surface area (Å²) in [5, 5.41) is -0.0379. The van der Waals surface area contributed by atoms with Gasteiger partial charge in [-0.1, -0.05) is 11.6 Å². The highest BCUT2D eigenvalue weighted by Gasteiger charge is 2.38. The molecule has 0 saturated heterocycles. The molecule has 0 amide bonds. The van der Waals surface area contributed by atoms with Crippen molar-refractivity contribution in [3.63, 3.8) is 0 Å². The lowest BCUT2D eigenvalue weighted by Gasteiger charge is -2.17. The first-order chi connectivity index (χ1) is 6.32. The third-order valence-electron chi connectivity index (χ3n) is 1.71. The van der Waals surface area contributed by atoms with E-state index in [4.69, 9.17) is 23.1 Å². The SMILES string of the molecule is Nc1ccc(Cl)c([C@@H](N)C(F)(F)F)c1. The van der Waals surface area contributed by atoms with E-state index in [-0.39, 0.29) is 16.3 Å². The molecule has 1 aromatic carbocycles. The van der Waals surface area contributed by atoms with Crippen LogP contribution in [0.3, 0.4) is 0 Å². The molecule has 1 rings (SSSR count). The normalized spacial score (nSPS) is 14.1. The zero-order chi connectivity index (χ0) is 10.9. The Bertz CT molecular complexity index is 338. The van der Waals surface area contributed by atoms with Crippen molar-refractivity contribution in [1.29, 1.82) is 0 Å². The summed E-state index contributed by atoms with van der Waals surface area (Å²) in [6.45, 7) is 0. The molecule has 6 heteroatoms. The first-order valence-electron chi connectivity index (χ1n) is 3.69. The van der Waals surface area contributed by atoms with Gasteiger partial charge in [0, 0.05) is 10.7 Å². The van der Waals surface area contributed by atoms with Gasteiger partial charge in [-0.25, -0.2) is 0 Å². The molecule has 0 heterocycles. The zero-order valence-electron chi connectivity index (χ0n) is 6.98. The van der Waals surface area contributed by atoms with Gasteiger partial charge in [-0.15, -0.1) is 0 Å². The number of nitrogens with two attached hydrogens (primary N) is 2. The Morgan fingerprint density at radius 3 is 2.36 bits per heavy atom. The fraction of sp³-hybridized carbons (Fsp3) is 0.250. The van der Waals surface area contributed by atoms with Crippen LogP contribution in [0.5, 0.6) is 0 Å². The Balaban J connectivity index is 3.12. The number of alkyl halides is 3. The molecule has 14 heavy (non-hydrogen) atoms. The van der Waals surface area contributed by atoms with Gasteiger partial charge in [-0.2, -0.15) is 13.2 Å². The summed E-state index contributed by atoms with van der Waals surface area (Å²) in [6.07, 6.45) is -4.52. The van der Waals surface area contributed by atoms with E-state index in [9.17, 15) is 13.2 Å². The minimum atomic E-state index is -4.52. The molecule has 2 nitrogen and oxygen atoms in total. The summed E-state index contributed by atoms with van der Waals surface area (Å²) < 4.78 is 36.7. The van der Waals surface area contributed by atoms with Gasteiger partial charge in [0.25, 0.3) is 0 Å². The lowest BCUT2D eigenvalue weighted by Crippen LogP contribution is -2.28. The van der Waals surface area contributed by atoms with E-state index in [1.165, 1.54) is 12.1 Å². The van der Waals surface area contributed by atoms with Crippen LogP contribution in [-0.4, -0.2) is 6.18 Å².